The van der Waals surface area contributed by atoms with Crippen molar-refractivity contribution in [2.45, 2.75) is 39.3 Å². The zero-order chi connectivity index (χ0) is 22.4. The zero-order valence-corrected chi connectivity index (χ0v) is 17.6. The Morgan fingerprint density at radius 2 is 1.77 bits per heavy atom. The number of halogens is 3. The number of nitrogens with one attached hydrogen (secondary N) is 1. The lowest BCUT2D eigenvalue weighted by molar-refractivity contribution is -0.136. The largest absolute Gasteiger partial charge is 0.417 e. The number of anilines is 2. The van der Waals surface area contributed by atoms with E-state index in [4.69, 9.17) is 5.73 Å². The highest BCUT2D eigenvalue weighted by atomic mass is 32.1. The van der Waals surface area contributed by atoms with Crippen molar-refractivity contribution in [2.24, 2.45) is 0 Å². The number of carbonyl (C=O) groups is 2. The van der Waals surface area contributed by atoms with Crippen LogP contribution in [-0.2, 0) is 11.6 Å². The third-order valence-corrected chi connectivity index (χ3v) is 5.63. The molecule has 0 aliphatic heterocycles. The summed E-state index contributed by atoms with van der Waals surface area (Å²) in [6.07, 6.45) is -4.66. The van der Waals surface area contributed by atoms with Crippen molar-refractivity contribution < 1.29 is 22.8 Å². The molecular weight excluding hydrogens is 415 g/mol. The fourth-order valence-corrected chi connectivity index (χ4v) is 3.99. The van der Waals surface area contributed by atoms with E-state index in [1.165, 1.54) is 13.0 Å². The summed E-state index contributed by atoms with van der Waals surface area (Å²) in [6.45, 7) is 6.62. The van der Waals surface area contributed by atoms with Gasteiger partial charge in [0.2, 0.25) is 0 Å². The number of hydrogen-bond donors (Lipinski definition) is 2. The molecule has 1 amide bonds. The molecule has 0 aliphatic carbocycles. The Morgan fingerprint density at radius 1 is 1.13 bits per heavy atom. The number of hydrogen-bond acceptors (Lipinski definition) is 5. The molecule has 0 radical (unpaired) electrons. The fourth-order valence-electron chi connectivity index (χ4n) is 2.98. The number of nitrogens with two attached hydrogens (primary N) is 1. The highest BCUT2D eigenvalue weighted by Crippen LogP contribution is 2.43. The zero-order valence-electron chi connectivity index (χ0n) is 16.8. The van der Waals surface area contributed by atoms with E-state index in [1.54, 1.807) is 39.0 Å². The lowest BCUT2D eigenvalue weighted by Crippen LogP contribution is -2.16. The van der Waals surface area contributed by atoms with Gasteiger partial charge in [0, 0.05) is 22.1 Å². The van der Waals surface area contributed by atoms with Gasteiger partial charge >= 0.3 is 6.18 Å². The van der Waals surface area contributed by atoms with Crippen LogP contribution in [0.5, 0.6) is 0 Å². The molecule has 3 aromatic rings. The molecule has 0 fully saturated rings. The van der Waals surface area contributed by atoms with E-state index in [9.17, 15) is 22.8 Å². The number of carbonyl (C=O) groups excluding carboxylic acids is 2. The maximum absolute atomic E-state index is 13.7. The minimum atomic E-state index is -4.66. The lowest BCUT2D eigenvalue weighted by atomic mass is 9.90. The average molecular weight is 435 g/mol. The first-order chi connectivity index (χ1) is 13.8. The van der Waals surface area contributed by atoms with Gasteiger partial charge in [-0.3, -0.25) is 9.59 Å². The SMILES string of the molecule is CC(=O)c1ccccc1NC(=O)c1sc2nc(C(C)(C)C)cc(C(F)(F)F)c2c1N. The van der Waals surface area contributed by atoms with Gasteiger partial charge < -0.3 is 11.1 Å². The lowest BCUT2D eigenvalue weighted by Gasteiger charge is -2.20. The van der Waals surface area contributed by atoms with E-state index < -0.39 is 23.1 Å². The van der Waals surface area contributed by atoms with Gasteiger partial charge in [-0.2, -0.15) is 13.2 Å². The van der Waals surface area contributed by atoms with Gasteiger partial charge in [0.1, 0.15) is 9.71 Å². The molecule has 0 spiro atoms. The summed E-state index contributed by atoms with van der Waals surface area (Å²) >= 11 is 0.793. The number of Topliss-reactive ketones (excluding diaryl/α,β-unsaturated/α-hetero) is 1. The molecule has 2 heterocycles. The first-order valence-corrected chi connectivity index (χ1v) is 9.84. The van der Waals surface area contributed by atoms with E-state index in [2.05, 4.69) is 10.3 Å². The number of pyridine rings is 1. The Hall–Kier alpha value is -2.94. The summed E-state index contributed by atoms with van der Waals surface area (Å²) in [7, 11) is 0. The standard InChI is InChI=1S/C21H20F3N3O2S/c1-10(28)11-7-5-6-8-13(11)26-18(29)17-16(25)15-12(21(22,23)24)9-14(20(2,3)4)27-19(15)30-17/h5-9H,25H2,1-4H3,(H,26,29). The van der Waals surface area contributed by atoms with Crippen molar-refractivity contribution in [2.75, 3.05) is 11.1 Å². The number of amides is 1. The highest BCUT2D eigenvalue weighted by Gasteiger charge is 2.37. The van der Waals surface area contributed by atoms with Crippen molar-refractivity contribution in [3.8, 4) is 0 Å². The molecule has 158 valence electrons. The maximum Gasteiger partial charge on any atom is 0.417 e. The van der Waals surface area contributed by atoms with Gasteiger partial charge in [-0.1, -0.05) is 32.9 Å². The van der Waals surface area contributed by atoms with Crippen LogP contribution in [0.1, 0.15) is 59.0 Å². The number of para-hydroxylation sites is 1. The highest BCUT2D eigenvalue weighted by molar-refractivity contribution is 7.21. The molecule has 0 saturated heterocycles. The smallest absolute Gasteiger partial charge is 0.397 e. The van der Waals surface area contributed by atoms with Gasteiger partial charge in [-0.15, -0.1) is 11.3 Å². The van der Waals surface area contributed by atoms with E-state index in [-0.39, 0.29) is 43.5 Å². The molecule has 30 heavy (non-hydrogen) atoms. The molecule has 0 atom stereocenters. The molecule has 2 aromatic heterocycles. The van der Waals surface area contributed by atoms with Crippen LogP contribution in [0.2, 0.25) is 0 Å². The summed E-state index contributed by atoms with van der Waals surface area (Å²) in [5, 5.41) is 2.29. The van der Waals surface area contributed by atoms with Gasteiger partial charge in [0.25, 0.3) is 5.91 Å². The van der Waals surface area contributed by atoms with Crippen LogP contribution in [0.15, 0.2) is 30.3 Å². The van der Waals surface area contributed by atoms with E-state index >= 15 is 0 Å². The first kappa shape index (κ1) is 21.8. The predicted octanol–water partition coefficient (Wildman–Crippen LogP) is 5.65. The van der Waals surface area contributed by atoms with E-state index in [0.717, 1.165) is 17.4 Å². The first-order valence-electron chi connectivity index (χ1n) is 9.02. The number of ketones is 1. The molecule has 0 aliphatic rings. The number of alkyl halides is 3. The third kappa shape index (κ3) is 4.02. The summed E-state index contributed by atoms with van der Waals surface area (Å²) < 4.78 is 41.2. The molecule has 0 unspecified atom stereocenters. The minimum Gasteiger partial charge on any atom is -0.397 e. The molecule has 5 nitrogen and oxygen atoms in total. The maximum atomic E-state index is 13.7. The molecule has 0 saturated carbocycles. The second kappa shape index (κ2) is 7.39. The Bertz CT molecular complexity index is 1160. The van der Waals surface area contributed by atoms with Crippen molar-refractivity contribution >= 4 is 44.6 Å². The van der Waals surface area contributed by atoms with Crippen LogP contribution in [0.3, 0.4) is 0 Å². The summed E-state index contributed by atoms with van der Waals surface area (Å²) in [6, 6.07) is 7.35. The monoisotopic (exact) mass is 435 g/mol. The van der Waals surface area contributed by atoms with Gasteiger partial charge in [-0.25, -0.2) is 4.98 Å². The van der Waals surface area contributed by atoms with E-state index in [0.29, 0.717) is 0 Å². The van der Waals surface area contributed by atoms with Gasteiger partial charge in [-0.05, 0) is 25.1 Å². The predicted molar refractivity (Wildman–Crippen MR) is 112 cm³/mol. The fraction of sp³-hybridized carbons (Fsp3) is 0.286. The van der Waals surface area contributed by atoms with Crippen molar-refractivity contribution in [1.82, 2.24) is 4.98 Å². The Kier molecular flexibility index (Phi) is 5.36. The number of thiophene rings is 1. The Morgan fingerprint density at radius 3 is 2.33 bits per heavy atom. The number of aromatic nitrogens is 1. The number of fused-ring (bicyclic) bond motifs is 1. The van der Waals surface area contributed by atoms with Gasteiger partial charge in [0.15, 0.2) is 5.78 Å². The average Bonchev–Trinajstić information content (AvgIpc) is 2.96. The van der Waals surface area contributed by atoms with Crippen molar-refractivity contribution in [3.63, 3.8) is 0 Å². The van der Waals surface area contributed by atoms with Crippen LogP contribution < -0.4 is 11.1 Å². The topological polar surface area (TPSA) is 85.1 Å². The molecular formula is C21H20F3N3O2S. The normalized spacial score (nSPS) is 12.2. The van der Waals surface area contributed by atoms with Gasteiger partial charge in [0.05, 0.1) is 16.9 Å². The molecule has 3 rings (SSSR count). The summed E-state index contributed by atoms with van der Waals surface area (Å²) in [5.41, 5.74) is 4.95. The molecule has 9 heteroatoms. The number of nitrogen functional groups attached to an aromatic ring is 1. The van der Waals surface area contributed by atoms with Crippen LogP contribution in [-0.4, -0.2) is 16.7 Å². The molecule has 0 bridgehead atoms. The second-order valence-corrected chi connectivity index (χ2v) is 8.88. The Labute approximate surface area is 175 Å². The number of rotatable bonds is 3. The van der Waals surface area contributed by atoms with Crippen molar-refractivity contribution in [1.29, 1.82) is 0 Å². The second-order valence-electron chi connectivity index (χ2n) is 7.88. The molecule has 1 aromatic carbocycles. The van der Waals surface area contributed by atoms with Crippen LogP contribution in [0, 0.1) is 0 Å². The number of benzene rings is 1. The number of nitrogens with zero attached hydrogens (tertiary/aromatic N) is 1. The van der Waals surface area contributed by atoms with Crippen LogP contribution in [0.25, 0.3) is 10.2 Å². The van der Waals surface area contributed by atoms with Crippen LogP contribution >= 0.6 is 11.3 Å². The summed E-state index contributed by atoms with van der Waals surface area (Å²) in [4.78, 5) is 28.9. The summed E-state index contributed by atoms with van der Waals surface area (Å²) in [5.74, 6) is -0.958. The molecule has 3 N–H and O–H groups in total. The Balaban J connectivity index is 2.15. The third-order valence-electron chi connectivity index (χ3n) is 4.53. The van der Waals surface area contributed by atoms with Crippen molar-refractivity contribution in [3.05, 3.63) is 52.0 Å². The minimum absolute atomic E-state index is 0.0391. The quantitative estimate of drug-likeness (QED) is 0.521. The van der Waals surface area contributed by atoms with E-state index in [1.807, 2.05) is 0 Å². The van der Waals surface area contributed by atoms with Crippen LogP contribution in [0.4, 0.5) is 24.5 Å².